The number of hydrogen-bond donors (Lipinski definition) is 2. The molecule has 0 aliphatic rings. The standard InChI is InChI=1S/C23H18ClN3O2S/c1-25-22(28)15-8-6-14(7-9-15)13-26-23(29)17-12-19(20-10-11-21(24)30-20)27-18-5-3-2-4-16(17)18/h2-12H,13H2,1H3,(H,25,28)(H,26,29). The van der Waals surface area contributed by atoms with Gasteiger partial charge in [-0.3, -0.25) is 9.59 Å². The van der Waals surface area contributed by atoms with Gasteiger partial charge in [0.15, 0.2) is 0 Å². The lowest BCUT2D eigenvalue weighted by atomic mass is 10.1. The van der Waals surface area contributed by atoms with Crippen LogP contribution in [0.2, 0.25) is 4.34 Å². The van der Waals surface area contributed by atoms with E-state index in [-0.39, 0.29) is 11.8 Å². The molecule has 0 saturated carbocycles. The molecule has 0 unspecified atom stereocenters. The van der Waals surface area contributed by atoms with E-state index in [2.05, 4.69) is 15.6 Å². The first kappa shape index (κ1) is 20.1. The van der Waals surface area contributed by atoms with E-state index < -0.39 is 0 Å². The molecule has 0 aliphatic carbocycles. The maximum absolute atomic E-state index is 13.0. The average Bonchev–Trinajstić information content (AvgIpc) is 3.22. The average molecular weight is 436 g/mol. The van der Waals surface area contributed by atoms with Crippen molar-refractivity contribution in [1.82, 2.24) is 15.6 Å². The van der Waals surface area contributed by atoms with Crippen molar-refractivity contribution in [2.24, 2.45) is 0 Å². The summed E-state index contributed by atoms with van der Waals surface area (Å²) in [5, 5.41) is 6.34. The molecule has 0 fully saturated rings. The van der Waals surface area contributed by atoms with Gasteiger partial charge in [-0.05, 0) is 42.0 Å². The SMILES string of the molecule is CNC(=O)c1ccc(CNC(=O)c2cc(-c3ccc(Cl)s3)nc3ccccc23)cc1. The molecule has 0 atom stereocenters. The quantitative estimate of drug-likeness (QED) is 0.468. The fourth-order valence-electron chi connectivity index (χ4n) is 3.14. The molecule has 4 rings (SSSR count). The normalized spacial score (nSPS) is 10.7. The van der Waals surface area contributed by atoms with Gasteiger partial charge >= 0.3 is 0 Å². The smallest absolute Gasteiger partial charge is 0.252 e. The van der Waals surface area contributed by atoms with E-state index in [1.165, 1.54) is 11.3 Å². The monoisotopic (exact) mass is 435 g/mol. The van der Waals surface area contributed by atoms with Crippen LogP contribution in [-0.2, 0) is 6.54 Å². The zero-order valence-electron chi connectivity index (χ0n) is 16.1. The van der Waals surface area contributed by atoms with Crippen LogP contribution in [0.1, 0.15) is 26.3 Å². The minimum atomic E-state index is -0.187. The lowest BCUT2D eigenvalue weighted by Gasteiger charge is -2.10. The molecule has 0 spiro atoms. The zero-order valence-corrected chi connectivity index (χ0v) is 17.7. The highest BCUT2D eigenvalue weighted by molar-refractivity contribution is 7.19. The summed E-state index contributed by atoms with van der Waals surface area (Å²) in [6.07, 6.45) is 0. The van der Waals surface area contributed by atoms with E-state index in [9.17, 15) is 9.59 Å². The van der Waals surface area contributed by atoms with Crippen LogP contribution in [0.4, 0.5) is 0 Å². The number of benzene rings is 2. The van der Waals surface area contributed by atoms with E-state index in [1.54, 1.807) is 25.2 Å². The molecule has 0 bridgehead atoms. The van der Waals surface area contributed by atoms with Crippen LogP contribution < -0.4 is 10.6 Å². The molecule has 150 valence electrons. The van der Waals surface area contributed by atoms with Crippen molar-refractivity contribution in [2.75, 3.05) is 7.05 Å². The fourth-order valence-corrected chi connectivity index (χ4v) is 4.14. The molecule has 0 saturated heterocycles. The Morgan fingerprint density at radius 1 is 1.00 bits per heavy atom. The molecule has 2 amide bonds. The molecule has 2 aromatic heterocycles. The summed E-state index contributed by atoms with van der Waals surface area (Å²) in [6, 6.07) is 20.2. The highest BCUT2D eigenvalue weighted by atomic mass is 35.5. The van der Waals surface area contributed by atoms with Gasteiger partial charge < -0.3 is 10.6 Å². The lowest BCUT2D eigenvalue weighted by Crippen LogP contribution is -2.23. The Balaban J connectivity index is 1.60. The van der Waals surface area contributed by atoms with Crippen molar-refractivity contribution < 1.29 is 9.59 Å². The van der Waals surface area contributed by atoms with Crippen LogP contribution in [-0.4, -0.2) is 23.8 Å². The number of nitrogens with zero attached hydrogens (tertiary/aromatic N) is 1. The molecular formula is C23H18ClN3O2S. The minimum absolute atomic E-state index is 0.143. The minimum Gasteiger partial charge on any atom is -0.355 e. The van der Waals surface area contributed by atoms with Crippen molar-refractivity contribution in [3.63, 3.8) is 0 Å². The molecule has 2 heterocycles. The molecule has 4 aromatic rings. The summed E-state index contributed by atoms with van der Waals surface area (Å²) in [7, 11) is 1.59. The highest BCUT2D eigenvalue weighted by Crippen LogP contribution is 2.32. The number of nitrogens with one attached hydrogen (secondary N) is 2. The molecule has 7 heteroatoms. The molecule has 0 aliphatic heterocycles. The van der Waals surface area contributed by atoms with E-state index >= 15 is 0 Å². The molecule has 2 N–H and O–H groups in total. The predicted octanol–water partition coefficient (Wildman–Crippen LogP) is 4.91. The third-order valence-corrected chi connectivity index (χ3v) is 5.94. The summed E-state index contributed by atoms with van der Waals surface area (Å²) in [5.74, 6) is -0.331. The third kappa shape index (κ3) is 4.20. The molecule has 0 radical (unpaired) electrons. The highest BCUT2D eigenvalue weighted by Gasteiger charge is 2.15. The van der Waals surface area contributed by atoms with Gasteiger partial charge in [-0.25, -0.2) is 4.98 Å². The van der Waals surface area contributed by atoms with Gasteiger partial charge in [0.2, 0.25) is 0 Å². The van der Waals surface area contributed by atoms with E-state index in [4.69, 9.17) is 11.6 Å². The van der Waals surface area contributed by atoms with Gasteiger partial charge in [-0.15, -0.1) is 11.3 Å². The van der Waals surface area contributed by atoms with Crippen molar-refractivity contribution >= 4 is 45.7 Å². The number of fused-ring (bicyclic) bond motifs is 1. The first-order valence-corrected chi connectivity index (χ1v) is 10.5. The van der Waals surface area contributed by atoms with Gasteiger partial charge in [-0.2, -0.15) is 0 Å². The van der Waals surface area contributed by atoms with E-state index in [1.807, 2.05) is 48.5 Å². The first-order chi connectivity index (χ1) is 14.5. The van der Waals surface area contributed by atoms with Crippen LogP contribution in [0.3, 0.4) is 0 Å². The van der Waals surface area contributed by atoms with Crippen molar-refractivity contribution in [3.05, 3.63) is 87.8 Å². The van der Waals surface area contributed by atoms with Gasteiger partial charge in [0.05, 0.1) is 26.0 Å². The maximum Gasteiger partial charge on any atom is 0.252 e. The number of rotatable bonds is 5. The number of halogens is 1. The Bertz CT molecular complexity index is 1230. The van der Waals surface area contributed by atoms with E-state index in [0.717, 1.165) is 21.3 Å². The van der Waals surface area contributed by atoms with Gasteiger partial charge in [-0.1, -0.05) is 41.9 Å². The second-order valence-corrected chi connectivity index (χ2v) is 8.35. The van der Waals surface area contributed by atoms with Crippen LogP contribution in [0.15, 0.2) is 66.7 Å². The Morgan fingerprint density at radius 3 is 2.47 bits per heavy atom. The zero-order chi connectivity index (χ0) is 21.1. The Kier molecular flexibility index (Phi) is 5.79. The van der Waals surface area contributed by atoms with Gasteiger partial charge in [0.25, 0.3) is 11.8 Å². The summed E-state index contributed by atoms with van der Waals surface area (Å²) in [4.78, 5) is 30.3. The topological polar surface area (TPSA) is 71.1 Å². The van der Waals surface area contributed by atoms with Crippen LogP contribution in [0, 0.1) is 0 Å². The third-order valence-electron chi connectivity index (χ3n) is 4.68. The van der Waals surface area contributed by atoms with E-state index in [0.29, 0.717) is 27.7 Å². The second kappa shape index (κ2) is 8.65. The molecular weight excluding hydrogens is 418 g/mol. The fraction of sp³-hybridized carbons (Fsp3) is 0.0870. The number of carbonyl (C=O) groups is 2. The van der Waals surface area contributed by atoms with Gasteiger partial charge in [0.1, 0.15) is 0 Å². The summed E-state index contributed by atoms with van der Waals surface area (Å²) < 4.78 is 0.672. The number of aromatic nitrogens is 1. The number of carbonyl (C=O) groups excluding carboxylic acids is 2. The Morgan fingerprint density at radius 2 is 1.77 bits per heavy atom. The van der Waals surface area contributed by atoms with Crippen molar-refractivity contribution in [1.29, 1.82) is 0 Å². The Hall–Kier alpha value is -3.22. The second-order valence-electron chi connectivity index (χ2n) is 6.63. The van der Waals surface area contributed by atoms with Crippen LogP contribution in [0.25, 0.3) is 21.5 Å². The Labute approximate surface area is 182 Å². The van der Waals surface area contributed by atoms with Crippen LogP contribution >= 0.6 is 22.9 Å². The molecule has 30 heavy (non-hydrogen) atoms. The number of amides is 2. The number of hydrogen-bond acceptors (Lipinski definition) is 4. The maximum atomic E-state index is 13.0. The number of thiophene rings is 1. The van der Waals surface area contributed by atoms with Crippen molar-refractivity contribution in [3.8, 4) is 10.6 Å². The van der Waals surface area contributed by atoms with Gasteiger partial charge in [0, 0.05) is 24.5 Å². The molecule has 5 nitrogen and oxygen atoms in total. The number of pyridine rings is 1. The summed E-state index contributed by atoms with van der Waals surface area (Å²) >= 11 is 7.50. The predicted molar refractivity (Wildman–Crippen MR) is 121 cm³/mol. The largest absolute Gasteiger partial charge is 0.355 e. The summed E-state index contributed by atoms with van der Waals surface area (Å²) in [6.45, 7) is 0.351. The number of para-hydroxylation sites is 1. The lowest BCUT2D eigenvalue weighted by molar-refractivity contribution is 0.0947. The van der Waals surface area contributed by atoms with Crippen LogP contribution in [0.5, 0.6) is 0 Å². The first-order valence-electron chi connectivity index (χ1n) is 9.30. The van der Waals surface area contributed by atoms with Crippen molar-refractivity contribution in [2.45, 2.75) is 6.54 Å². The summed E-state index contributed by atoms with van der Waals surface area (Å²) in [5.41, 5.74) is 3.50. The molecule has 2 aromatic carbocycles.